The summed E-state index contributed by atoms with van der Waals surface area (Å²) in [6.45, 7) is 2.31. The van der Waals surface area contributed by atoms with Crippen LogP contribution in [0, 0.1) is 0 Å². The number of sulfonamides is 1. The Morgan fingerprint density at radius 3 is 2.38 bits per heavy atom. The van der Waals surface area contributed by atoms with Crippen molar-refractivity contribution in [2.45, 2.75) is 4.90 Å². The van der Waals surface area contributed by atoms with Crippen molar-refractivity contribution in [3.63, 3.8) is 0 Å². The highest BCUT2D eigenvalue weighted by Crippen LogP contribution is 2.34. The lowest BCUT2D eigenvalue weighted by molar-refractivity contribution is 0.174. The molecule has 0 amide bonds. The number of rotatable bonds is 3. The van der Waals surface area contributed by atoms with Crippen LogP contribution in [0.4, 0.5) is 5.69 Å². The minimum Gasteiger partial charge on any atom is -0.454 e. The first-order valence-corrected chi connectivity index (χ1v) is 9.13. The van der Waals surface area contributed by atoms with Crippen LogP contribution >= 0.6 is 0 Å². The van der Waals surface area contributed by atoms with Crippen molar-refractivity contribution < 1.29 is 17.9 Å². The van der Waals surface area contributed by atoms with Crippen molar-refractivity contribution in [3.05, 3.63) is 42.7 Å². The Balaban J connectivity index is 1.50. The van der Waals surface area contributed by atoms with Crippen LogP contribution < -0.4 is 14.4 Å². The number of ether oxygens (including phenoxy) is 2. The fourth-order valence-corrected chi connectivity index (χ4v) is 4.37. The van der Waals surface area contributed by atoms with Crippen LogP contribution in [0.5, 0.6) is 11.5 Å². The summed E-state index contributed by atoms with van der Waals surface area (Å²) in [5.74, 6) is 1.06. The molecule has 0 aliphatic carbocycles. The molecular weight excluding hydrogens is 330 g/mol. The predicted octanol–water partition coefficient (Wildman–Crippen LogP) is 1.32. The molecule has 2 aliphatic rings. The Hall–Kier alpha value is -2.32. The van der Waals surface area contributed by atoms with Crippen LogP contribution in [-0.2, 0) is 10.0 Å². The van der Waals surface area contributed by atoms with E-state index in [0.717, 1.165) is 5.69 Å². The fraction of sp³-hybridized carbons (Fsp3) is 0.312. The van der Waals surface area contributed by atoms with Crippen LogP contribution in [0.15, 0.2) is 47.6 Å². The highest BCUT2D eigenvalue weighted by atomic mass is 32.2. The largest absolute Gasteiger partial charge is 0.454 e. The van der Waals surface area contributed by atoms with E-state index in [9.17, 15) is 8.42 Å². The van der Waals surface area contributed by atoms with Crippen LogP contribution in [0.3, 0.4) is 0 Å². The van der Waals surface area contributed by atoms with Gasteiger partial charge in [-0.3, -0.25) is 4.98 Å². The van der Waals surface area contributed by atoms with Gasteiger partial charge in [-0.15, -0.1) is 0 Å². The second kappa shape index (κ2) is 5.95. The van der Waals surface area contributed by atoms with Gasteiger partial charge < -0.3 is 14.4 Å². The van der Waals surface area contributed by atoms with Crippen molar-refractivity contribution in [2.75, 3.05) is 37.9 Å². The van der Waals surface area contributed by atoms with E-state index >= 15 is 0 Å². The summed E-state index contributed by atoms with van der Waals surface area (Å²) < 4.78 is 37.7. The molecule has 2 aliphatic heterocycles. The van der Waals surface area contributed by atoms with Gasteiger partial charge in [-0.25, -0.2) is 8.42 Å². The second-order valence-corrected chi connectivity index (χ2v) is 7.55. The lowest BCUT2D eigenvalue weighted by Gasteiger charge is -2.35. The zero-order valence-corrected chi connectivity index (χ0v) is 13.8. The topological polar surface area (TPSA) is 72.0 Å². The number of hydrogen-bond donors (Lipinski definition) is 0. The number of fused-ring (bicyclic) bond motifs is 1. The molecule has 8 heteroatoms. The molecular formula is C16H17N3O4S. The van der Waals surface area contributed by atoms with Gasteiger partial charge >= 0.3 is 0 Å². The van der Waals surface area contributed by atoms with E-state index in [4.69, 9.17) is 9.47 Å². The quantitative estimate of drug-likeness (QED) is 0.834. The Morgan fingerprint density at radius 2 is 1.62 bits per heavy atom. The second-order valence-electron chi connectivity index (χ2n) is 5.61. The first-order chi connectivity index (χ1) is 11.6. The Morgan fingerprint density at radius 1 is 0.917 bits per heavy atom. The maximum atomic E-state index is 12.8. The highest BCUT2D eigenvalue weighted by Gasteiger charge is 2.30. The van der Waals surface area contributed by atoms with Crippen molar-refractivity contribution in [3.8, 4) is 11.5 Å². The van der Waals surface area contributed by atoms with Crippen LogP contribution in [0.1, 0.15) is 0 Å². The summed E-state index contributed by atoms with van der Waals surface area (Å²) in [5, 5.41) is 0. The van der Waals surface area contributed by atoms with E-state index in [0.29, 0.717) is 37.7 Å². The molecule has 0 spiro atoms. The third kappa shape index (κ3) is 2.67. The standard InChI is InChI=1S/C16H17N3O4S/c20-24(21,14-1-2-15-16(11-14)23-12-22-15)19-9-7-18(8-10-19)13-3-5-17-6-4-13/h1-6,11H,7-10,12H2. The molecule has 1 fully saturated rings. The molecule has 0 unspecified atom stereocenters. The van der Waals surface area contributed by atoms with E-state index in [2.05, 4.69) is 9.88 Å². The number of nitrogens with zero attached hydrogens (tertiary/aromatic N) is 3. The van der Waals surface area contributed by atoms with Crippen molar-refractivity contribution >= 4 is 15.7 Å². The minimum atomic E-state index is -3.53. The lowest BCUT2D eigenvalue weighted by Crippen LogP contribution is -2.48. The monoisotopic (exact) mass is 347 g/mol. The van der Waals surface area contributed by atoms with E-state index in [1.807, 2.05) is 12.1 Å². The lowest BCUT2D eigenvalue weighted by atomic mass is 10.3. The minimum absolute atomic E-state index is 0.128. The normalized spacial score (nSPS) is 17.9. The van der Waals surface area contributed by atoms with Gasteiger partial charge in [0.25, 0.3) is 0 Å². The van der Waals surface area contributed by atoms with Gasteiger partial charge in [0.2, 0.25) is 16.8 Å². The van der Waals surface area contributed by atoms with Crippen LogP contribution in [0.2, 0.25) is 0 Å². The average Bonchev–Trinajstić information content (AvgIpc) is 3.10. The molecule has 0 radical (unpaired) electrons. The van der Waals surface area contributed by atoms with Crippen molar-refractivity contribution in [1.82, 2.24) is 9.29 Å². The predicted molar refractivity (Wildman–Crippen MR) is 87.8 cm³/mol. The van der Waals surface area contributed by atoms with E-state index in [-0.39, 0.29) is 11.7 Å². The van der Waals surface area contributed by atoms with Crippen molar-refractivity contribution in [1.29, 1.82) is 0 Å². The number of aromatic nitrogens is 1. The SMILES string of the molecule is O=S(=O)(c1ccc2c(c1)OCO2)N1CCN(c2ccncc2)CC1. The van der Waals surface area contributed by atoms with Gasteiger partial charge in [0.15, 0.2) is 11.5 Å². The molecule has 0 bridgehead atoms. The Kier molecular flexibility index (Phi) is 3.78. The average molecular weight is 347 g/mol. The van der Waals surface area contributed by atoms with E-state index in [1.54, 1.807) is 24.5 Å². The highest BCUT2D eigenvalue weighted by molar-refractivity contribution is 7.89. The Labute approximate surface area is 140 Å². The number of anilines is 1. The van der Waals surface area contributed by atoms with E-state index in [1.165, 1.54) is 10.4 Å². The molecule has 4 rings (SSSR count). The molecule has 2 aromatic rings. The molecule has 7 nitrogen and oxygen atoms in total. The van der Waals surface area contributed by atoms with Gasteiger partial charge in [0.05, 0.1) is 4.90 Å². The van der Waals surface area contributed by atoms with Crippen LogP contribution in [0.25, 0.3) is 0 Å². The van der Waals surface area contributed by atoms with E-state index < -0.39 is 10.0 Å². The molecule has 1 aromatic heterocycles. The van der Waals surface area contributed by atoms with Gasteiger partial charge in [-0.1, -0.05) is 0 Å². The molecule has 1 saturated heterocycles. The Bertz CT molecular complexity index is 834. The zero-order chi connectivity index (χ0) is 16.6. The fourth-order valence-electron chi connectivity index (χ4n) is 2.93. The summed E-state index contributed by atoms with van der Waals surface area (Å²) in [4.78, 5) is 6.41. The summed E-state index contributed by atoms with van der Waals surface area (Å²) >= 11 is 0. The summed E-state index contributed by atoms with van der Waals surface area (Å²) in [7, 11) is -3.53. The third-order valence-electron chi connectivity index (χ3n) is 4.25. The zero-order valence-electron chi connectivity index (χ0n) is 13.0. The maximum absolute atomic E-state index is 12.8. The molecule has 0 atom stereocenters. The summed E-state index contributed by atoms with van der Waals surface area (Å²) in [6.07, 6.45) is 3.48. The summed E-state index contributed by atoms with van der Waals surface area (Å²) in [6, 6.07) is 8.61. The third-order valence-corrected chi connectivity index (χ3v) is 6.14. The molecule has 0 N–H and O–H groups in total. The smallest absolute Gasteiger partial charge is 0.243 e. The van der Waals surface area contributed by atoms with Gasteiger partial charge in [-0.2, -0.15) is 4.31 Å². The van der Waals surface area contributed by atoms with Crippen LogP contribution in [-0.4, -0.2) is 50.7 Å². The first kappa shape index (κ1) is 15.2. The molecule has 0 saturated carbocycles. The first-order valence-electron chi connectivity index (χ1n) is 7.69. The van der Waals surface area contributed by atoms with Gasteiger partial charge in [0, 0.05) is 50.3 Å². The summed E-state index contributed by atoms with van der Waals surface area (Å²) in [5.41, 5.74) is 1.06. The number of hydrogen-bond acceptors (Lipinski definition) is 6. The van der Waals surface area contributed by atoms with Crippen molar-refractivity contribution in [2.24, 2.45) is 0 Å². The van der Waals surface area contributed by atoms with Gasteiger partial charge in [-0.05, 0) is 24.3 Å². The molecule has 24 heavy (non-hydrogen) atoms. The number of benzene rings is 1. The molecule has 126 valence electrons. The number of pyridine rings is 1. The number of piperazine rings is 1. The molecule has 3 heterocycles. The maximum Gasteiger partial charge on any atom is 0.243 e. The van der Waals surface area contributed by atoms with Gasteiger partial charge in [0.1, 0.15) is 0 Å². The molecule has 1 aromatic carbocycles.